The molecule has 14 heteroatoms. The van der Waals surface area contributed by atoms with Gasteiger partial charge in [0.05, 0.1) is 19.3 Å². The summed E-state index contributed by atoms with van der Waals surface area (Å²) in [7, 11) is 0. The molecular weight excluding hydrogens is 572 g/mol. The van der Waals surface area contributed by atoms with E-state index in [0.717, 1.165) is 6.08 Å². The van der Waals surface area contributed by atoms with Crippen molar-refractivity contribution in [1.29, 1.82) is 0 Å². The Kier molecular flexibility index (Phi) is 10.9. The molecule has 2 saturated heterocycles. The molecule has 2 aliphatic heterocycles. The van der Waals surface area contributed by atoms with E-state index in [-0.39, 0.29) is 30.3 Å². The Balaban J connectivity index is 1.51. The van der Waals surface area contributed by atoms with Gasteiger partial charge < -0.3 is 64.5 Å². The smallest absolute Gasteiger partial charge is 0.331 e. The lowest BCUT2D eigenvalue weighted by Gasteiger charge is -2.46. The molecule has 2 aromatic carbocycles. The van der Waals surface area contributed by atoms with Gasteiger partial charge in [-0.15, -0.1) is 0 Å². The first-order chi connectivity index (χ1) is 20.5. The van der Waals surface area contributed by atoms with Crippen molar-refractivity contribution in [2.75, 3.05) is 13.2 Å². The number of hydrogen-bond acceptors (Lipinski definition) is 14. The van der Waals surface area contributed by atoms with Crippen LogP contribution in [0.5, 0.6) is 17.2 Å². The van der Waals surface area contributed by atoms with E-state index in [4.69, 9.17) is 23.7 Å². The van der Waals surface area contributed by atoms with E-state index in [0.29, 0.717) is 11.1 Å². The second kappa shape index (κ2) is 14.4. The van der Waals surface area contributed by atoms with Crippen LogP contribution in [0.2, 0.25) is 0 Å². The van der Waals surface area contributed by atoms with Crippen LogP contribution in [0.15, 0.2) is 48.5 Å². The first kappa shape index (κ1) is 32.6. The number of carbonyl (C=O) groups excluding carboxylic acids is 1. The number of aromatic hydroxyl groups is 3. The van der Waals surface area contributed by atoms with E-state index in [9.17, 15) is 45.6 Å². The summed E-state index contributed by atoms with van der Waals surface area (Å²) >= 11 is 0. The van der Waals surface area contributed by atoms with Crippen molar-refractivity contribution in [3.63, 3.8) is 0 Å². The van der Waals surface area contributed by atoms with Crippen molar-refractivity contribution in [2.24, 2.45) is 0 Å². The maximum Gasteiger partial charge on any atom is 0.331 e. The van der Waals surface area contributed by atoms with Gasteiger partial charge in [-0.1, -0.05) is 18.2 Å². The summed E-state index contributed by atoms with van der Waals surface area (Å²) in [6.07, 6.45) is -12.0. The van der Waals surface area contributed by atoms with E-state index in [1.807, 2.05) is 0 Å². The number of phenolic OH excluding ortho intramolecular Hbond substituents is 3. The van der Waals surface area contributed by atoms with Gasteiger partial charge in [0.25, 0.3) is 0 Å². The summed E-state index contributed by atoms with van der Waals surface area (Å²) in [5.74, 6) is -1.48. The lowest BCUT2D eigenvalue weighted by Crippen LogP contribution is -2.65. The van der Waals surface area contributed by atoms with E-state index in [1.54, 1.807) is 18.2 Å². The third-order valence-corrected chi connectivity index (χ3v) is 7.16. The third kappa shape index (κ3) is 8.00. The van der Waals surface area contributed by atoms with E-state index in [1.165, 1.54) is 37.3 Å². The number of aliphatic hydroxyl groups is 5. The van der Waals surface area contributed by atoms with E-state index < -0.39 is 74.0 Å². The fraction of sp³-hybridized carbons (Fsp3) is 0.483. The maximum atomic E-state index is 12.8. The molecule has 2 aliphatic rings. The van der Waals surface area contributed by atoms with Crippen molar-refractivity contribution in [3.05, 3.63) is 59.7 Å². The molecule has 2 heterocycles. The number of esters is 1. The molecule has 4 rings (SSSR count). The van der Waals surface area contributed by atoms with E-state index >= 15 is 0 Å². The minimum atomic E-state index is -1.75. The number of benzene rings is 2. The number of phenols is 3. The highest BCUT2D eigenvalue weighted by Gasteiger charge is 2.52. The lowest BCUT2D eigenvalue weighted by molar-refractivity contribution is -0.357. The van der Waals surface area contributed by atoms with Gasteiger partial charge in [-0.3, -0.25) is 0 Å². The first-order valence-corrected chi connectivity index (χ1v) is 13.6. The average molecular weight is 609 g/mol. The molecule has 0 bridgehead atoms. The van der Waals surface area contributed by atoms with Gasteiger partial charge >= 0.3 is 5.97 Å². The molecule has 43 heavy (non-hydrogen) atoms. The maximum absolute atomic E-state index is 12.8. The highest BCUT2D eigenvalue weighted by atomic mass is 16.7. The molecule has 0 spiro atoms. The minimum Gasteiger partial charge on any atom is -0.508 e. The SMILES string of the molecule is C[C@@H]1O[C@@H](O[C@@H]2[C@@H](O)[C@H](OCCc3ccc(O)c(O)c3)O[C@H](CO)[C@H]2OC(=O)/C=C/c2ccc(O)cc2)[C@H](O)[C@H](O)[C@H]1O. The molecule has 10 atom stereocenters. The monoisotopic (exact) mass is 608 g/mol. The number of rotatable bonds is 10. The zero-order chi connectivity index (χ0) is 31.3. The average Bonchev–Trinajstić information content (AvgIpc) is 2.99. The molecule has 14 nitrogen and oxygen atoms in total. The third-order valence-electron chi connectivity index (χ3n) is 7.16. The number of hydrogen-bond donors (Lipinski definition) is 8. The topological polar surface area (TPSA) is 225 Å². The van der Waals surface area contributed by atoms with Gasteiger partial charge in [-0.05, 0) is 54.8 Å². The summed E-state index contributed by atoms with van der Waals surface area (Å²) in [4.78, 5) is 12.8. The van der Waals surface area contributed by atoms with Crippen molar-refractivity contribution in [1.82, 2.24) is 0 Å². The predicted molar refractivity (Wildman–Crippen MR) is 145 cm³/mol. The normalized spacial score (nSPS) is 33.0. The van der Waals surface area contributed by atoms with Gasteiger partial charge in [0.2, 0.25) is 0 Å². The fourth-order valence-corrected chi connectivity index (χ4v) is 4.70. The van der Waals surface area contributed by atoms with Crippen LogP contribution in [0.25, 0.3) is 6.08 Å². The second-order valence-corrected chi connectivity index (χ2v) is 10.3. The summed E-state index contributed by atoms with van der Waals surface area (Å²) in [6.45, 7) is 0.677. The fourth-order valence-electron chi connectivity index (χ4n) is 4.70. The Morgan fingerprint density at radius 3 is 2.26 bits per heavy atom. The molecule has 8 N–H and O–H groups in total. The second-order valence-electron chi connectivity index (χ2n) is 10.3. The van der Waals surface area contributed by atoms with Crippen LogP contribution in [0.1, 0.15) is 18.1 Å². The van der Waals surface area contributed by atoms with Gasteiger partial charge in [0, 0.05) is 6.08 Å². The van der Waals surface area contributed by atoms with Crippen LogP contribution in [0.4, 0.5) is 0 Å². The molecule has 2 aromatic rings. The number of aliphatic hydroxyl groups excluding tert-OH is 5. The van der Waals surface area contributed by atoms with Crippen LogP contribution in [0, 0.1) is 0 Å². The van der Waals surface area contributed by atoms with Crippen LogP contribution in [-0.4, -0.2) is 121 Å². The Morgan fingerprint density at radius 2 is 1.58 bits per heavy atom. The summed E-state index contributed by atoms with van der Waals surface area (Å²) in [6, 6.07) is 10.2. The van der Waals surface area contributed by atoms with Gasteiger partial charge in [-0.25, -0.2) is 4.79 Å². The highest BCUT2D eigenvalue weighted by Crippen LogP contribution is 2.32. The van der Waals surface area contributed by atoms with Crippen LogP contribution in [-0.2, 0) is 34.9 Å². The Morgan fingerprint density at radius 1 is 0.860 bits per heavy atom. The predicted octanol–water partition coefficient (Wildman–Crippen LogP) is -0.722. The molecule has 236 valence electrons. The van der Waals surface area contributed by atoms with Gasteiger partial charge in [-0.2, -0.15) is 0 Å². The quantitative estimate of drug-likeness (QED) is 0.0947. The summed E-state index contributed by atoms with van der Waals surface area (Å²) in [5.41, 5.74) is 1.16. The van der Waals surface area contributed by atoms with Crippen molar-refractivity contribution in [3.8, 4) is 17.2 Å². The molecule has 0 amide bonds. The molecule has 0 radical (unpaired) electrons. The van der Waals surface area contributed by atoms with E-state index in [2.05, 4.69) is 0 Å². The first-order valence-electron chi connectivity index (χ1n) is 13.6. The molecule has 0 unspecified atom stereocenters. The Labute approximate surface area is 246 Å². The number of ether oxygens (including phenoxy) is 5. The molecule has 2 fully saturated rings. The molecule has 0 saturated carbocycles. The summed E-state index contributed by atoms with van der Waals surface area (Å²) < 4.78 is 28.3. The van der Waals surface area contributed by atoms with Crippen LogP contribution in [0.3, 0.4) is 0 Å². The molecule has 0 aromatic heterocycles. The van der Waals surface area contributed by atoms with Gasteiger partial charge in [0.15, 0.2) is 30.2 Å². The zero-order valence-corrected chi connectivity index (χ0v) is 23.1. The van der Waals surface area contributed by atoms with Gasteiger partial charge in [0.1, 0.15) is 42.4 Å². The standard InChI is InChI=1S/C29H36O14/c1-14-22(35)23(36)24(37)29(40-14)43-27-25(38)28(39-11-10-16-4-8-18(32)19(33)12-16)41-20(13-30)26(27)42-21(34)9-5-15-2-6-17(31)7-3-15/h2-9,12,14,20,22-33,35-38H,10-11,13H2,1H3/b9-5+/t14-,20+,22-,23+,24+,25+,26+,27+,28+,29-/m0/s1. The highest BCUT2D eigenvalue weighted by molar-refractivity contribution is 5.87. The Bertz CT molecular complexity index is 1240. The summed E-state index contributed by atoms with van der Waals surface area (Å²) in [5, 5.41) is 80.8. The zero-order valence-electron chi connectivity index (χ0n) is 23.1. The van der Waals surface area contributed by atoms with Crippen LogP contribution >= 0.6 is 0 Å². The largest absolute Gasteiger partial charge is 0.508 e. The molecule has 0 aliphatic carbocycles. The van der Waals surface area contributed by atoms with Crippen molar-refractivity contribution < 1.29 is 69.3 Å². The lowest BCUT2D eigenvalue weighted by atomic mass is 9.97. The molecular formula is C29H36O14. The van der Waals surface area contributed by atoms with Crippen LogP contribution < -0.4 is 0 Å². The van der Waals surface area contributed by atoms with Crippen molar-refractivity contribution in [2.45, 2.75) is 74.8 Å². The Hall–Kier alpha value is -3.31. The van der Waals surface area contributed by atoms with Crippen molar-refractivity contribution >= 4 is 12.0 Å². The minimum absolute atomic E-state index is 0.0379. The number of carbonyl (C=O) groups is 1.